The zero-order valence-electron chi connectivity index (χ0n) is 6.49. The van der Waals surface area contributed by atoms with Gasteiger partial charge in [0.25, 0.3) is 0 Å². The first-order valence-electron chi connectivity index (χ1n) is 3.72. The number of alkyl halides is 3. The lowest BCUT2D eigenvalue weighted by Crippen LogP contribution is -2.25. The van der Waals surface area contributed by atoms with Gasteiger partial charge in [-0.2, -0.15) is 0 Å². The number of hydrogen-bond donors (Lipinski definition) is 1. The fourth-order valence-electron chi connectivity index (χ4n) is 0.747. The Bertz CT molecular complexity index is 100. The zero-order chi connectivity index (χ0) is 8.91. The van der Waals surface area contributed by atoms with Crippen LogP contribution in [0, 0.1) is 0 Å². The summed E-state index contributed by atoms with van der Waals surface area (Å²) in [4.78, 5) is 0. The zero-order valence-corrected chi connectivity index (χ0v) is 8.75. The molecule has 0 aromatic carbocycles. The molecular formula is C7H13Cl3O. The van der Waals surface area contributed by atoms with Crippen LogP contribution in [0.3, 0.4) is 0 Å². The molecule has 68 valence electrons. The highest BCUT2D eigenvalue weighted by atomic mass is 35.5. The van der Waals surface area contributed by atoms with E-state index in [9.17, 15) is 0 Å². The number of halogens is 3. The molecule has 0 saturated heterocycles. The van der Waals surface area contributed by atoms with Gasteiger partial charge in [-0.25, -0.2) is 0 Å². The van der Waals surface area contributed by atoms with Crippen LogP contribution < -0.4 is 0 Å². The second-order valence-electron chi connectivity index (χ2n) is 2.55. The summed E-state index contributed by atoms with van der Waals surface area (Å²) in [6.45, 7) is 2.09. The van der Waals surface area contributed by atoms with Crippen molar-refractivity contribution in [3.8, 4) is 0 Å². The Balaban J connectivity index is 3.44. The van der Waals surface area contributed by atoms with Gasteiger partial charge >= 0.3 is 0 Å². The van der Waals surface area contributed by atoms with Crippen LogP contribution in [0.15, 0.2) is 0 Å². The maximum absolute atomic E-state index is 8.98. The van der Waals surface area contributed by atoms with E-state index in [2.05, 4.69) is 6.92 Å². The van der Waals surface area contributed by atoms with Crippen molar-refractivity contribution < 1.29 is 5.11 Å². The van der Waals surface area contributed by atoms with Crippen LogP contribution in [0.1, 0.15) is 32.6 Å². The molecular weight excluding hydrogens is 206 g/mol. The van der Waals surface area contributed by atoms with Gasteiger partial charge in [0.05, 0.1) is 5.38 Å². The van der Waals surface area contributed by atoms with E-state index in [0.29, 0.717) is 6.42 Å². The van der Waals surface area contributed by atoms with Gasteiger partial charge < -0.3 is 5.11 Å². The quantitative estimate of drug-likeness (QED) is 0.556. The van der Waals surface area contributed by atoms with E-state index in [4.69, 9.17) is 39.9 Å². The molecule has 1 N–H and O–H groups in total. The Labute approximate surface area is 82.6 Å². The van der Waals surface area contributed by atoms with Gasteiger partial charge in [-0.3, -0.25) is 0 Å². The van der Waals surface area contributed by atoms with E-state index in [1.54, 1.807) is 0 Å². The largest absolute Gasteiger partial charge is 0.361 e. The lowest BCUT2D eigenvalue weighted by atomic mass is 10.1. The summed E-state index contributed by atoms with van der Waals surface area (Å²) in [5, 5.41) is 8.41. The second-order valence-corrected chi connectivity index (χ2v) is 4.42. The molecule has 0 radical (unpaired) electrons. The van der Waals surface area contributed by atoms with Gasteiger partial charge in [0.1, 0.15) is 0 Å². The topological polar surface area (TPSA) is 20.2 Å². The van der Waals surface area contributed by atoms with Crippen LogP contribution in [0.2, 0.25) is 0 Å². The predicted molar refractivity (Wildman–Crippen MR) is 50.4 cm³/mol. The molecule has 0 aliphatic rings. The first-order chi connectivity index (χ1) is 4.98. The van der Waals surface area contributed by atoms with Crippen molar-refractivity contribution in [1.82, 2.24) is 0 Å². The third kappa shape index (κ3) is 6.03. The highest BCUT2D eigenvalue weighted by molar-refractivity contribution is 6.50. The van der Waals surface area contributed by atoms with Crippen molar-refractivity contribution in [2.75, 3.05) is 0 Å². The molecule has 0 fully saturated rings. The molecule has 0 aliphatic carbocycles. The second kappa shape index (κ2) is 5.47. The summed E-state index contributed by atoms with van der Waals surface area (Å²) in [5.41, 5.74) is 0. The van der Waals surface area contributed by atoms with Gasteiger partial charge in [0.15, 0.2) is 0 Å². The highest BCUT2D eigenvalue weighted by Gasteiger charge is 2.29. The van der Waals surface area contributed by atoms with Crippen LogP contribution in [-0.2, 0) is 0 Å². The number of rotatable bonds is 5. The van der Waals surface area contributed by atoms with E-state index in [0.717, 1.165) is 19.3 Å². The van der Waals surface area contributed by atoms with E-state index in [1.165, 1.54) is 0 Å². The fraction of sp³-hybridized carbons (Fsp3) is 1.00. The first kappa shape index (κ1) is 11.8. The smallest absolute Gasteiger partial charge is 0.231 e. The van der Waals surface area contributed by atoms with Crippen molar-refractivity contribution in [3.05, 3.63) is 0 Å². The minimum absolute atomic E-state index is 0.572. The molecule has 0 amide bonds. The molecule has 0 heterocycles. The van der Waals surface area contributed by atoms with Crippen molar-refractivity contribution in [2.45, 2.75) is 42.5 Å². The van der Waals surface area contributed by atoms with Gasteiger partial charge in [0, 0.05) is 0 Å². The molecule has 0 bridgehead atoms. The lowest BCUT2D eigenvalue weighted by molar-refractivity contribution is 0.203. The van der Waals surface area contributed by atoms with Gasteiger partial charge in [-0.1, -0.05) is 49.4 Å². The summed E-state index contributed by atoms with van der Waals surface area (Å²) in [6, 6.07) is 0. The number of hydrogen-bond acceptors (Lipinski definition) is 1. The maximum atomic E-state index is 8.98. The molecule has 0 aromatic rings. The van der Waals surface area contributed by atoms with Gasteiger partial charge in [-0.15, -0.1) is 11.6 Å². The molecule has 4 heteroatoms. The first-order valence-corrected chi connectivity index (χ1v) is 4.92. The molecule has 0 spiro atoms. The summed E-state index contributed by atoms with van der Waals surface area (Å²) in [6.07, 6.45) is 3.81. The van der Waals surface area contributed by atoms with E-state index >= 15 is 0 Å². The van der Waals surface area contributed by atoms with E-state index < -0.39 is 9.90 Å². The number of aliphatic hydroxyl groups is 1. The van der Waals surface area contributed by atoms with Crippen molar-refractivity contribution in [3.63, 3.8) is 0 Å². The van der Waals surface area contributed by atoms with Crippen LogP contribution in [0.5, 0.6) is 0 Å². The molecule has 0 aromatic heterocycles. The monoisotopic (exact) mass is 218 g/mol. The average molecular weight is 220 g/mol. The van der Waals surface area contributed by atoms with Crippen LogP contribution >= 0.6 is 34.8 Å². The van der Waals surface area contributed by atoms with Crippen molar-refractivity contribution >= 4 is 34.8 Å². The highest BCUT2D eigenvalue weighted by Crippen LogP contribution is 2.29. The third-order valence-electron chi connectivity index (χ3n) is 1.44. The third-order valence-corrected chi connectivity index (χ3v) is 2.72. The maximum Gasteiger partial charge on any atom is 0.231 e. The fourth-order valence-corrected chi connectivity index (χ4v) is 1.12. The van der Waals surface area contributed by atoms with Crippen LogP contribution in [0.4, 0.5) is 0 Å². The molecule has 0 rings (SSSR count). The summed E-state index contributed by atoms with van der Waals surface area (Å²) < 4.78 is -1.78. The van der Waals surface area contributed by atoms with Crippen molar-refractivity contribution in [2.24, 2.45) is 0 Å². The summed E-state index contributed by atoms with van der Waals surface area (Å²) >= 11 is 16.4. The average Bonchev–Trinajstić information content (AvgIpc) is 1.86. The van der Waals surface area contributed by atoms with Gasteiger partial charge in [-0.05, 0) is 6.42 Å². The normalized spacial score (nSPS) is 15.0. The summed E-state index contributed by atoms with van der Waals surface area (Å²) in [5.74, 6) is 0. The van der Waals surface area contributed by atoms with E-state index in [1.807, 2.05) is 0 Å². The molecule has 11 heavy (non-hydrogen) atoms. The Morgan fingerprint density at radius 1 is 1.36 bits per heavy atom. The Morgan fingerprint density at radius 3 is 2.27 bits per heavy atom. The standard InChI is InChI=1S/C7H13Cl3O/c1-2-3-4-5-6(8)7(9,10)11/h6,11H,2-5H2,1H3. The summed E-state index contributed by atoms with van der Waals surface area (Å²) in [7, 11) is 0. The van der Waals surface area contributed by atoms with E-state index in [-0.39, 0.29) is 0 Å². The minimum atomic E-state index is -1.78. The SMILES string of the molecule is CCCCCC(Cl)C(O)(Cl)Cl. The van der Waals surface area contributed by atoms with Crippen LogP contribution in [0.25, 0.3) is 0 Å². The number of unbranched alkanes of at least 4 members (excludes halogenated alkanes) is 2. The van der Waals surface area contributed by atoms with Crippen LogP contribution in [-0.4, -0.2) is 15.0 Å². The predicted octanol–water partition coefficient (Wildman–Crippen LogP) is 3.30. The Morgan fingerprint density at radius 2 is 1.91 bits per heavy atom. The molecule has 1 unspecified atom stereocenters. The molecule has 0 aliphatic heterocycles. The Hall–Kier alpha value is 0.830. The molecule has 1 nitrogen and oxygen atoms in total. The lowest BCUT2D eigenvalue weighted by Gasteiger charge is -2.18. The molecule has 1 atom stereocenters. The Kier molecular flexibility index (Phi) is 5.88. The minimum Gasteiger partial charge on any atom is -0.361 e. The van der Waals surface area contributed by atoms with Crippen molar-refractivity contribution in [1.29, 1.82) is 0 Å². The van der Waals surface area contributed by atoms with Gasteiger partial charge in [0.2, 0.25) is 4.52 Å². The molecule has 0 saturated carbocycles.